The maximum atomic E-state index is 10.7. The molecule has 2 aromatic carbocycles. The SMILES string of the molecule is OC12SC1C=C(Cc1ccccc1)C=C2Cc1ccccc1. The highest BCUT2D eigenvalue weighted by Crippen LogP contribution is 2.59. The van der Waals surface area contributed by atoms with Crippen LogP contribution in [0.15, 0.2) is 84.0 Å². The van der Waals surface area contributed by atoms with Crippen LogP contribution in [0.3, 0.4) is 0 Å². The van der Waals surface area contributed by atoms with Crippen LogP contribution in [0.5, 0.6) is 0 Å². The summed E-state index contributed by atoms with van der Waals surface area (Å²) in [7, 11) is 0. The maximum Gasteiger partial charge on any atom is 0.148 e. The summed E-state index contributed by atoms with van der Waals surface area (Å²) < 4.78 is 0. The first-order chi connectivity index (χ1) is 10.7. The van der Waals surface area contributed by atoms with Crippen molar-refractivity contribution in [2.45, 2.75) is 23.0 Å². The van der Waals surface area contributed by atoms with E-state index in [9.17, 15) is 5.11 Å². The van der Waals surface area contributed by atoms with Crippen LogP contribution in [0.4, 0.5) is 0 Å². The zero-order chi connectivity index (χ0) is 15.0. The summed E-state index contributed by atoms with van der Waals surface area (Å²) in [5, 5.41) is 10.9. The van der Waals surface area contributed by atoms with Crippen LogP contribution in [-0.2, 0) is 12.8 Å². The van der Waals surface area contributed by atoms with Gasteiger partial charge in [0.15, 0.2) is 0 Å². The standard InChI is InChI=1S/C20H18OS/c21-20-18(12-16-9-5-2-6-10-16)13-17(14-19(20)22-20)11-15-7-3-1-4-8-15/h1-10,13-14,19,21H,11-12H2. The Morgan fingerprint density at radius 2 is 1.45 bits per heavy atom. The van der Waals surface area contributed by atoms with E-state index in [1.165, 1.54) is 16.7 Å². The fourth-order valence-electron chi connectivity index (χ4n) is 3.07. The van der Waals surface area contributed by atoms with Crippen molar-refractivity contribution < 1.29 is 5.11 Å². The van der Waals surface area contributed by atoms with Crippen molar-refractivity contribution in [3.63, 3.8) is 0 Å². The minimum Gasteiger partial charge on any atom is -0.374 e. The summed E-state index contributed by atoms with van der Waals surface area (Å²) in [6.07, 6.45) is 6.20. The second-order valence-corrected chi connectivity index (χ2v) is 7.34. The summed E-state index contributed by atoms with van der Waals surface area (Å²) in [4.78, 5) is -0.657. The van der Waals surface area contributed by atoms with Gasteiger partial charge in [-0.15, -0.1) is 11.8 Å². The fraction of sp³-hybridized carbons (Fsp3) is 0.200. The first-order valence-electron chi connectivity index (χ1n) is 7.64. The highest BCUT2D eigenvalue weighted by molar-refractivity contribution is 8.08. The molecule has 1 saturated heterocycles. The Bertz CT molecular complexity index is 733. The van der Waals surface area contributed by atoms with Crippen LogP contribution >= 0.6 is 11.8 Å². The van der Waals surface area contributed by atoms with E-state index in [2.05, 4.69) is 60.7 Å². The molecule has 1 heterocycles. The quantitative estimate of drug-likeness (QED) is 0.857. The second-order valence-electron chi connectivity index (χ2n) is 5.97. The highest BCUT2D eigenvalue weighted by Gasteiger charge is 2.57. The minimum atomic E-state index is -0.657. The molecule has 2 unspecified atom stereocenters. The number of thioether (sulfide) groups is 1. The van der Waals surface area contributed by atoms with E-state index in [0.29, 0.717) is 0 Å². The summed E-state index contributed by atoms with van der Waals surface area (Å²) in [5.41, 5.74) is 5.04. The van der Waals surface area contributed by atoms with Crippen molar-refractivity contribution in [2.75, 3.05) is 0 Å². The Balaban J connectivity index is 1.58. The van der Waals surface area contributed by atoms with E-state index in [1.807, 2.05) is 12.1 Å². The van der Waals surface area contributed by atoms with Gasteiger partial charge in [0.2, 0.25) is 0 Å². The van der Waals surface area contributed by atoms with Gasteiger partial charge in [0.05, 0.1) is 5.25 Å². The smallest absolute Gasteiger partial charge is 0.148 e. The lowest BCUT2D eigenvalue weighted by Gasteiger charge is -2.18. The molecule has 2 aliphatic rings. The Hall–Kier alpha value is -1.77. The lowest BCUT2D eigenvalue weighted by molar-refractivity contribution is 0.212. The Morgan fingerprint density at radius 3 is 2.09 bits per heavy atom. The van der Waals surface area contributed by atoms with Gasteiger partial charge in [-0.25, -0.2) is 0 Å². The van der Waals surface area contributed by atoms with E-state index in [4.69, 9.17) is 0 Å². The molecule has 2 heteroatoms. The Kier molecular flexibility index (Phi) is 3.44. The van der Waals surface area contributed by atoms with Crippen LogP contribution in [0.1, 0.15) is 11.1 Å². The van der Waals surface area contributed by atoms with E-state index in [0.717, 1.165) is 18.4 Å². The Labute approximate surface area is 135 Å². The molecule has 0 radical (unpaired) electrons. The normalized spacial score (nSPS) is 26.0. The molecule has 0 spiro atoms. The average Bonchev–Trinajstić information content (AvgIpc) is 3.21. The predicted molar refractivity (Wildman–Crippen MR) is 92.8 cm³/mol. The van der Waals surface area contributed by atoms with Crippen LogP contribution in [0.2, 0.25) is 0 Å². The average molecular weight is 306 g/mol. The molecule has 0 bridgehead atoms. The Morgan fingerprint density at radius 1 is 0.864 bits per heavy atom. The van der Waals surface area contributed by atoms with Crippen LogP contribution in [0, 0.1) is 0 Å². The van der Waals surface area contributed by atoms with Crippen molar-refractivity contribution >= 4 is 11.8 Å². The van der Waals surface area contributed by atoms with Gasteiger partial charge in [-0.1, -0.05) is 72.8 Å². The van der Waals surface area contributed by atoms with Crippen molar-refractivity contribution in [3.8, 4) is 0 Å². The van der Waals surface area contributed by atoms with Gasteiger partial charge < -0.3 is 5.11 Å². The second kappa shape index (κ2) is 5.45. The molecule has 1 fully saturated rings. The summed E-state index contributed by atoms with van der Waals surface area (Å²) in [5.74, 6) is 0. The van der Waals surface area contributed by atoms with E-state index in [1.54, 1.807) is 11.8 Å². The molecule has 0 amide bonds. The van der Waals surface area contributed by atoms with E-state index < -0.39 is 4.93 Å². The zero-order valence-corrected chi connectivity index (χ0v) is 13.1. The van der Waals surface area contributed by atoms with Gasteiger partial charge in [-0.2, -0.15) is 0 Å². The monoisotopic (exact) mass is 306 g/mol. The molecule has 1 aliphatic carbocycles. The lowest BCUT2D eigenvalue weighted by Crippen LogP contribution is -2.21. The first kappa shape index (κ1) is 13.9. The number of rotatable bonds is 4. The van der Waals surface area contributed by atoms with Crippen molar-refractivity contribution in [1.29, 1.82) is 0 Å². The van der Waals surface area contributed by atoms with Crippen LogP contribution in [0.25, 0.3) is 0 Å². The van der Waals surface area contributed by atoms with Gasteiger partial charge in [0.25, 0.3) is 0 Å². The van der Waals surface area contributed by atoms with Gasteiger partial charge in [0, 0.05) is 0 Å². The number of benzene rings is 2. The largest absolute Gasteiger partial charge is 0.374 e. The summed E-state index contributed by atoms with van der Waals surface area (Å²) >= 11 is 1.65. The first-order valence-corrected chi connectivity index (χ1v) is 8.52. The van der Waals surface area contributed by atoms with Crippen molar-refractivity contribution in [3.05, 3.63) is 95.1 Å². The number of fused-ring (bicyclic) bond motifs is 1. The molecule has 1 aliphatic heterocycles. The molecular formula is C20H18OS. The third kappa shape index (κ3) is 2.65. The minimum absolute atomic E-state index is 0.231. The van der Waals surface area contributed by atoms with Crippen LogP contribution < -0.4 is 0 Å². The molecule has 22 heavy (non-hydrogen) atoms. The fourth-order valence-corrected chi connectivity index (χ4v) is 4.13. The van der Waals surface area contributed by atoms with Gasteiger partial charge >= 0.3 is 0 Å². The van der Waals surface area contributed by atoms with Gasteiger partial charge in [-0.3, -0.25) is 0 Å². The number of hydrogen-bond acceptors (Lipinski definition) is 2. The highest BCUT2D eigenvalue weighted by atomic mass is 32.2. The third-order valence-electron chi connectivity index (χ3n) is 4.31. The summed E-state index contributed by atoms with van der Waals surface area (Å²) in [6, 6.07) is 20.9. The number of hydrogen-bond donors (Lipinski definition) is 1. The lowest BCUT2D eigenvalue weighted by atomic mass is 9.89. The third-order valence-corrected chi connectivity index (χ3v) is 5.66. The molecule has 2 aromatic rings. The van der Waals surface area contributed by atoms with Crippen molar-refractivity contribution in [1.82, 2.24) is 0 Å². The maximum absolute atomic E-state index is 10.7. The van der Waals surface area contributed by atoms with Gasteiger partial charge in [-0.05, 0) is 35.1 Å². The van der Waals surface area contributed by atoms with Gasteiger partial charge in [0.1, 0.15) is 4.93 Å². The molecule has 4 rings (SSSR count). The van der Waals surface area contributed by atoms with Crippen molar-refractivity contribution in [2.24, 2.45) is 0 Å². The van der Waals surface area contributed by atoms with E-state index >= 15 is 0 Å². The zero-order valence-electron chi connectivity index (χ0n) is 12.3. The molecule has 0 aromatic heterocycles. The van der Waals surface area contributed by atoms with E-state index in [-0.39, 0.29) is 5.25 Å². The predicted octanol–water partition coefficient (Wildman–Crippen LogP) is 4.14. The molecule has 0 saturated carbocycles. The number of aliphatic hydroxyl groups is 1. The molecule has 1 nitrogen and oxygen atoms in total. The molecular weight excluding hydrogens is 288 g/mol. The van der Waals surface area contributed by atoms with Crippen LogP contribution in [-0.4, -0.2) is 15.3 Å². The topological polar surface area (TPSA) is 20.2 Å². The number of allylic oxidation sites excluding steroid dienone is 2. The molecule has 1 N–H and O–H groups in total. The summed E-state index contributed by atoms with van der Waals surface area (Å²) in [6.45, 7) is 0. The molecule has 110 valence electrons. The molecule has 2 atom stereocenters.